The van der Waals surface area contributed by atoms with Gasteiger partial charge in [-0.25, -0.2) is 4.39 Å². The Labute approximate surface area is 128 Å². The Kier molecular flexibility index (Phi) is 5.25. The van der Waals surface area contributed by atoms with Crippen molar-refractivity contribution in [2.24, 2.45) is 5.16 Å². The first-order valence-electron chi connectivity index (χ1n) is 6.88. The zero-order valence-electron chi connectivity index (χ0n) is 12.4. The number of benzene rings is 2. The van der Waals surface area contributed by atoms with Gasteiger partial charge in [0.2, 0.25) is 6.10 Å². The Morgan fingerprint density at radius 3 is 2.64 bits per heavy atom. The molecule has 0 bridgehead atoms. The largest absolute Gasteiger partial charge is 0.383 e. The third kappa shape index (κ3) is 4.15. The zero-order chi connectivity index (χ0) is 15.9. The summed E-state index contributed by atoms with van der Waals surface area (Å²) in [7, 11) is 0. The van der Waals surface area contributed by atoms with E-state index in [0.29, 0.717) is 0 Å². The van der Waals surface area contributed by atoms with Gasteiger partial charge < -0.3 is 10.2 Å². The summed E-state index contributed by atoms with van der Waals surface area (Å²) in [6.45, 7) is 3.50. The molecule has 114 valence electrons. The van der Waals surface area contributed by atoms with E-state index in [1.807, 2.05) is 31.2 Å². The highest BCUT2D eigenvalue weighted by atomic mass is 19.1. The average Bonchev–Trinajstić information content (AvgIpc) is 2.51. The molecule has 5 heteroatoms. The highest BCUT2D eigenvalue weighted by Crippen LogP contribution is 2.13. The number of hydrogen-bond donors (Lipinski definition) is 1. The van der Waals surface area contributed by atoms with Gasteiger partial charge in [0.15, 0.2) is 0 Å². The number of para-hydroxylation sites is 1. The lowest BCUT2D eigenvalue weighted by Crippen LogP contribution is -2.26. The summed E-state index contributed by atoms with van der Waals surface area (Å²) in [6.07, 6.45) is 0.710. The fourth-order valence-corrected chi connectivity index (χ4v) is 1.75. The van der Waals surface area contributed by atoms with E-state index in [1.54, 1.807) is 25.3 Å². The molecule has 0 aliphatic heterocycles. The smallest absolute Gasteiger partial charge is 0.268 e. The van der Waals surface area contributed by atoms with Crippen molar-refractivity contribution in [1.82, 2.24) is 0 Å². The molecular weight excluding hydrogens is 283 g/mol. The Balaban J connectivity index is 1.92. The van der Waals surface area contributed by atoms with Crippen molar-refractivity contribution in [3.8, 4) is 0 Å². The number of nitrogens with one attached hydrogen (secondary N) is 1. The van der Waals surface area contributed by atoms with E-state index in [-0.39, 0.29) is 5.69 Å². The summed E-state index contributed by atoms with van der Waals surface area (Å²) in [6, 6.07) is 13.6. The van der Waals surface area contributed by atoms with Crippen LogP contribution in [0.4, 0.5) is 10.1 Å². The molecule has 1 atom stereocenters. The Hall–Kier alpha value is -2.69. The molecule has 0 unspecified atom stereocenters. The second-order valence-electron chi connectivity index (χ2n) is 4.81. The molecule has 0 saturated heterocycles. The first-order valence-corrected chi connectivity index (χ1v) is 6.88. The summed E-state index contributed by atoms with van der Waals surface area (Å²) in [5, 5.41) is 6.27. The predicted octanol–water partition coefficient (Wildman–Crippen LogP) is 3.51. The van der Waals surface area contributed by atoms with E-state index in [2.05, 4.69) is 10.5 Å². The molecule has 0 aliphatic rings. The van der Waals surface area contributed by atoms with Crippen molar-refractivity contribution in [3.63, 3.8) is 0 Å². The third-order valence-corrected chi connectivity index (χ3v) is 3.10. The van der Waals surface area contributed by atoms with Crippen LogP contribution in [0.3, 0.4) is 0 Å². The van der Waals surface area contributed by atoms with E-state index in [4.69, 9.17) is 4.84 Å². The van der Waals surface area contributed by atoms with Crippen LogP contribution in [0.5, 0.6) is 0 Å². The van der Waals surface area contributed by atoms with E-state index in [9.17, 15) is 9.18 Å². The molecule has 0 aliphatic carbocycles. The number of rotatable bonds is 5. The van der Waals surface area contributed by atoms with Crippen molar-refractivity contribution in [2.45, 2.75) is 20.0 Å². The number of hydrogen-bond acceptors (Lipinski definition) is 3. The van der Waals surface area contributed by atoms with Crippen molar-refractivity contribution < 1.29 is 14.0 Å². The highest BCUT2D eigenvalue weighted by molar-refractivity contribution is 5.94. The lowest BCUT2D eigenvalue weighted by molar-refractivity contribution is -0.126. The van der Waals surface area contributed by atoms with Crippen molar-refractivity contribution in [2.75, 3.05) is 5.32 Å². The van der Waals surface area contributed by atoms with Gasteiger partial charge in [0.25, 0.3) is 5.91 Å². The van der Waals surface area contributed by atoms with Crippen LogP contribution in [0, 0.1) is 12.7 Å². The number of carbonyl (C=O) groups excluding carboxylic acids is 1. The number of carbonyl (C=O) groups is 1. The minimum atomic E-state index is -0.833. The number of halogens is 1. The molecule has 1 amide bonds. The molecule has 0 aromatic heterocycles. The second kappa shape index (κ2) is 7.36. The average molecular weight is 300 g/mol. The Morgan fingerprint density at radius 2 is 1.91 bits per heavy atom. The van der Waals surface area contributed by atoms with Crippen LogP contribution in [-0.2, 0) is 9.63 Å². The maximum absolute atomic E-state index is 13.4. The topological polar surface area (TPSA) is 50.7 Å². The lowest BCUT2D eigenvalue weighted by atomic mass is 10.1. The van der Waals surface area contributed by atoms with Crippen LogP contribution < -0.4 is 5.32 Å². The van der Waals surface area contributed by atoms with Gasteiger partial charge in [-0.2, -0.15) is 0 Å². The molecule has 0 fully saturated rings. The first-order chi connectivity index (χ1) is 10.6. The molecule has 0 radical (unpaired) electrons. The first kappa shape index (κ1) is 15.7. The van der Waals surface area contributed by atoms with Crippen LogP contribution in [0.1, 0.15) is 18.1 Å². The van der Waals surface area contributed by atoms with Crippen LogP contribution in [-0.4, -0.2) is 18.2 Å². The molecule has 0 saturated carbocycles. The monoisotopic (exact) mass is 300 g/mol. The van der Waals surface area contributed by atoms with Crippen LogP contribution in [0.25, 0.3) is 0 Å². The quantitative estimate of drug-likeness (QED) is 0.678. The van der Waals surface area contributed by atoms with E-state index in [0.717, 1.165) is 11.1 Å². The normalized spacial score (nSPS) is 12.1. The van der Waals surface area contributed by atoms with Crippen molar-refractivity contribution >= 4 is 17.8 Å². The van der Waals surface area contributed by atoms with Crippen molar-refractivity contribution in [1.29, 1.82) is 0 Å². The van der Waals surface area contributed by atoms with E-state index >= 15 is 0 Å². The van der Waals surface area contributed by atoms with E-state index < -0.39 is 17.8 Å². The zero-order valence-corrected chi connectivity index (χ0v) is 12.4. The summed E-state index contributed by atoms with van der Waals surface area (Å²) in [5.41, 5.74) is 2.08. The van der Waals surface area contributed by atoms with Gasteiger partial charge >= 0.3 is 0 Å². The van der Waals surface area contributed by atoms with Gasteiger partial charge in [-0.1, -0.05) is 41.6 Å². The maximum atomic E-state index is 13.4. The minimum Gasteiger partial charge on any atom is -0.383 e. The lowest BCUT2D eigenvalue weighted by Gasteiger charge is -2.11. The van der Waals surface area contributed by atoms with Gasteiger partial charge in [0.05, 0.1) is 11.9 Å². The summed E-state index contributed by atoms with van der Waals surface area (Å²) in [5.74, 6) is -0.960. The number of amides is 1. The molecule has 2 aromatic carbocycles. The predicted molar refractivity (Wildman–Crippen MR) is 84.3 cm³/mol. The van der Waals surface area contributed by atoms with Gasteiger partial charge in [-0.3, -0.25) is 4.79 Å². The molecule has 4 nitrogen and oxygen atoms in total. The summed E-state index contributed by atoms with van der Waals surface area (Å²) >= 11 is 0. The number of aryl methyl sites for hydroxylation is 1. The minimum absolute atomic E-state index is 0.117. The molecule has 2 aromatic rings. The maximum Gasteiger partial charge on any atom is 0.268 e. The fourth-order valence-electron chi connectivity index (χ4n) is 1.75. The molecule has 0 heterocycles. The standard InChI is InChI=1S/C17H17FN2O2/c1-12-7-3-4-8-14(12)11-19-22-13(2)17(21)20-16-10-6-5-9-15(16)18/h3-11,13H,1-2H3,(H,20,21)/b19-11-/t13-/m1/s1. The van der Waals surface area contributed by atoms with Crippen molar-refractivity contribution in [3.05, 3.63) is 65.5 Å². The molecule has 2 rings (SSSR count). The highest BCUT2D eigenvalue weighted by Gasteiger charge is 2.15. The fraction of sp³-hybridized carbons (Fsp3) is 0.176. The molecule has 22 heavy (non-hydrogen) atoms. The van der Waals surface area contributed by atoms with Gasteiger partial charge in [-0.05, 0) is 37.1 Å². The Morgan fingerprint density at radius 1 is 1.23 bits per heavy atom. The summed E-state index contributed by atoms with van der Waals surface area (Å²) < 4.78 is 13.4. The molecule has 1 N–H and O–H groups in total. The second-order valence-corrected chi connectivity index (χ2v) is 4.81. The molecule has 0 spiro atoms. The van der Waals surface area contributed by atoms with Crippen LogP contribution in [0.15, 0.2) is 53.7 Å². The number of oxime groups is 1. The van der Waals surface area contributed by atoms with Crippen LogP contribution >= 0.6 is 0 Å². The number of nitrogens with zero attached hydrogens (tertiary/aromatic N) is 1. The Bertz CT molecular complexity index is 686. The third-order valence-electron chi connectivity index (χ3n) is 3.10. The molecular formula is C17H17FN2O2. The summed E-state index contributed by atoms with van der Waals surface area (Å²) in [4.78, 5) is 17.0. The SMILES string of the molecule is Cc1ccccc1/C=N\O[C@H](C)C(=O)Nc1ccccc1F. The van der Waals surface area contributed by atoms with E-state index in [1.165, 1.54) is 12.1 Å². The van der Waals surface area contributed by atoms with Gasteiger partial charge in [0.1, 0.15) is 5.82 Å². The van der Waals surface area contributed by atoms with Crippen LogP contribution in [0.2, 0.25) is 0 Å². The number of anilines is 1. The van der Waals surface area contributed by atoms with Gasteiger partial charge in [-0.15, -0.1) is 0 Å². The van der Waals surface area contributed by atoms with Gasteiger partial charge in [0, 0.05) is 0 Å².